The molecule has 2 N–H and O–H groups in total. The van der Waals surface area contributed by atoms with Gasteiger partial charge >= 0.3 is 0 Å². The Morgan fingerprint density at radius 2 is 1.57 bits per heavy atom. The third kappa shape index (κ3) is 5.84. The van der Waals surface area contributed by atoms with Gasteiger partial charge in [0.05, 0.1) is 5.54 Å². The Bertz CT molecular complexity index is 173. The number of nitrogens with two attached hydrogens (primary N) is 1. The van der Waals surface area contributed by atoms with Crippen molar-refractivity contribution in [2.75, 3.05) is 13.1 Å². The molecule has 14 heavy (non-hydrogen) atoms. The van der Waals surface area contributed by atoms with Crippen LogP contribution in [0.15, 0.2) is 4.99 Å². The van der Waals surface area contributed by atoms with Crippen LogP contribution < -0.4 is 5.73 Å². The monoisotopic (exact) mass is 199 g/mol. The molecule has 0 aromatic carbocycles. The van der Waals surface area contributed by atoms with Gasteiger partial charge in [-0.15, -0.1) is 0 Å². The molecule has 0 saturated heterocycles. The van der Waals surface area contributed by atoms with Crippen molar-refractivity contribution in [3.63, 3.8) is 0 Å². The minimum Gasteiger partial charge on any atom is -0.370 e. The van der Waals surface area contributed by atoms with Gasteiger partial charge in [0.1, 0.15) is 0 Å². The van der Waals surface area contributed by atoms with E-state index in [0.717, 1.165) is 25.9 Å². The van der Waals surface area contributed by atoms with Crippen molar-refractivity contribution in [2.24, 2.45) is 10.7 Å². The summed E-state index contributed by atoms with van der Waals surface area (Å²) in [6.45, 7) is 12.5. The largest absolute Gasteiger partial charge is 0.370 e. The van der Waals surface area contributed by atoms with Gasteiger partial charge in [-0.25, -0.2) is 4.99 Å². The number of guanidine groups is 1. The minimum atomic E-state index is -0.0795. The average molecular weight is 199 g/mol. The van der Waals surface area contributed by atoms with Crippen molar-refractivity contribution in [2.45, 2.75) is 53.0 Å². The van der Waals surface area contributed by atoms with Crippen LogP contribution in [0, 0.1) is 0 Å². The van der Waals surface area contributed by atoms with Gasteiger partial charge in [-0.3, -0.25) is 0 Å². The lowest BCUT2D eigenvalue weighted by atomic mass is 10.1. The van der Waals surface area contributed by atoms with Crippen LogP contribution >= 0.6 is 0 Å². The molecule has 0 bridgehead atoms. The van der Waals surface area contributed by atoms with Crippen LogP contribution in [-0.2, 0) is 0 Å². The third-order valence-electron chi connectivity index (χ3n) is 1.76. The lowest BCUT2D eigenvalue weighted by Crippen LogP contribution is -2.40. The summed E-state index contributed by atoms with van der Waals surface area (Å²) >= 11 is 0. The molecule has 0 saturated carbocycles. The summed E-state index contributed by atoms with van der Waals surface area (Å²) < 4.78 is 0. The van der Waals surface area contributed by atoms with Crippen molar-refractivity contribution in [3.05, 3.63) is 0 Å². The van der Waals surface area contributed by atoms with E-state index in [1.165, 1.54) is 0 Å². The summed E-state index contributed by atoms with van der Waals surface area (Å²) in [6.07, 6.45) is 2.22. The van der Waals surface area contributed by atoms with E-state index in [4.69, 9.17) is 5.73 Å². The zero-order valence-electron chi connectivity index (χ0n) is 10.3. The maximum atomic E-state index is 5.95. The normalized spacial score (nSPS) is 13.1. The van der Waals surface area contributed by atoms with Gasteiger partial charge in [-0.1, -0.05) is 13.8 Å². The lowest BCUT2D eigenvalue weighted by molar-refractivity contribution is 0.403. The molecule has 0 aromatic heterocycles. The molecule has 0 unspecified atom stereocenters. The maximum Gasteiger partial charge on any atom is 0.191 e. The molecule has 0 aliphatic carbocycles. The minimum absolute atomic E-state index is 0.0795. The summed E-state index contributed by atoms with van der Waals surface area (Å²) in [5.74, 6) is 0.682. The molecule has 84 valence electrons. The molecule has 0 radical (unpaired) electrons. The van der Waals surface area contributed by atoms with E-state index in [0.29, 0.717) is 5.96 Å². The molecule has 3 heteroatoms. The topological polar surface area (TPSA) is 41.6 Å². The highest BCUT2D eigenvalue weighted by molar-refractivity contribution is 5.78. The molecule has 0 aromatic rings. The Hall–Kier alpha value is -0.730. The van der Waals surface area contributed by atoms with Crippen LogP contribution in [0.25, 0.3) is 0 Å². The predicted octanol–water partition coefficient (Wildman–Crippen LogP) is 2.22. The molecule has 0 spiro atoms. The van der Waals surface area contributed by atoms with Gasteiger partial charge in [-0.2, -0.15) is 0 Å². The Balaban J connectivity index is 4.41. The van der Waals surface area contributed by atoms with E-state index in [9.17, 15) is 0 Å². The zero-order valence-corrected chi connectivity index (χ0v) is 10.3. The first kappa shape index (κ1) is 13.3. The fourth-order valence-corrected chi connectivity index (χ4v) is 1.30. The number of nitrogens with zero attached hydrogens (tertiary/aromatic N) is 2. The Labute approximate surface area is 88.4 Å². The van der Waals surface area contributed by atoms with Crippen molar-refractivity contribution in [1.29, 1.82) is 0 Å². The van der Waals surface area contributed by atoms with Crippen LogP contribution in [0.3, 0.4) is 0 Å². The lowest BCUT2D eigenvalue weighted by Gasteiger charge is -2.25. The van der Waals surface area contributed by atoms with E-state index in [1.54, 1.807) is 0 Å². The van der Waals surface area contributed by atoms with Gasteiger partial charge < -0.3 is 10.6 Å². The maximum absolute atomic E-state index is 5.95. The summed E-state index contributed by atoms with van der Waals surface area (Å²) in [7, 11) is 0. The third-order valence-corrected chi connectivity index (χ3v) is 1.76. The van der Waals surface area contributed by atoms with Crippen LogP contribution in [0.5, 0.6) is 0 Å². The molecule has 0 fully saturated rings. The second-order valence-electron chi connectivity index (χ2n) is 4.63. The quantitative estimate of drug-likeness (QED) is 0.557. The second-order valence-corrected chi connectivity index (χ2v) is 4.63. The van der Waals surface area contributed by atoms with Gasteiger partial charge in [-0.05, 0) is 33.6 Å². The molecule has 0 aliphatic rings. The fourth-order valence-electron chi connectivity index (χ4n) is 1.30. The van der Waals surface area contributed by atoms with E-state index in [1.807, 2.05) is 0 Å². The molecule has 0 amide bonds. The molecular weight excluding hydrogens is 174 g/mol. The van der Waals surface area contributed by atoms with E-state index in [2.05, 4.69) is 44.5 Å². The van der Waals surface area contributed by atoms with Crippen molar-refractivity contribution >= 4 is 5.96 Å². The Kier molecular flexibility index (Phi) is 5.58. The van der Waals surface area contributed by atoms with Crippen LogP contribution in [-0.4, -0.2) is 29.5 Å². The zero-order chi connectivity index (χ0) is 11.2. The molecule has 0 aliphatic heterocycles. The molecular formula is C11H25N3. The van der Waals surface area contributed by atoms with Gasteiger partial charge in [0.2, 0.25) is 0 Å². The standard InChI is InChI=1S/C11H25N3/c1-6-8-14(9-7-2)10(12)13-11(3,4)5/h6-9H2,1-5H3,(H2,12,13). The number of hydrogen-bond acceptors (Lipinski definition) is 1. The van der Waals surface area contributed by atoms with Gasteiger partial charge in [0.15, 0.2) is 5.96 Å². The van der Waals surface area contributed by atoms with Crippen molar-refractivity contribution in [1.82, 2.24) is 4.90 Å². The highest BCUT2D eigenvalue weighted by atomic mass is 15.3. The Morgan fingerprint density at radius 1 is 1.14 bits per heavy atom. The molecule has 0 rings (SSSR count). The van der Waals surface area contributed by atoms with Crippen molar-refractivity contribution < 1.29 is 0 Å². The van der Waals surface area contributed by atoms with Crippen LogP contribution in [0.1, 0.15) is 47.5 Å². The van der Waals surface area contributed by atoms with E-state index >= 15 is 0 Å². The van der Waals surface area contributed by atoms with Gasteiger partial charge in [0, 0.05) is 13.1 Å². The molecule has 0 atom stereocenters. The first-order valence-electron chi connectivity index (χ1n) is 5.51. The fraction of sp³-hybridized carbons (Fsp3) is 0.909. The average Bonchev–Trinajstić information content (AvgIpc) is 2.01. The first-order valence-corrected chi connectivity index (χ1v) is 5.51. The summed E-state index contributed by atoms with van der Waals surface area (Å²) in [4.78, 5) is 6.63. The smallest absolute Gasteiger partial charge is 0.191 e. The summed E-state index contributed by atoms with van der Waals surface area (Å²) in [5, 5.41) is 0. The SMILES string of the molecule is CCCN(CCC)C(N)=NC(C)(C)C. The van der Waals surface area contributed by atoms with Crippen LogP contribution in [0.4, 0.5) is 0 Å². The molecule has 3 nitrogen and oxygen atoms in total. The summed E-state index contributed by atoms with van der Waals surface area (Å²) in [5.41, 5.74) is 5.87. The highest BCUT2D eigenvalue weighted by Crippen LogP contribution is 2.07. The highest BCUT2D eigenvalue weighted by Gasteiger charge is 2.11. The number of rotatable bonds is 4. The first-order chi connectivity index (χ1) is 6.40. The van der Waals surface area contributed by atoms with Gasteiger partial charge in [0.25, 0.3) is 0 Å². The number of aliphatic imine (C=N–C) groups is 1. The Morgan fingerprint density at radius 3 is 1.86 bits per heavy atom. The number of hydrogen-bond donors (Lipinski definition) is 1. The summed E-state index contributed by atoms with van der Waals surface area (Å²) in [6, 6.07) is 0. The molecule has 0 heterocycles. The van der Waals surface area contributed by atoms with Crippen molar-refractivity contribution in [3.8, 4) is 0 Å². The van der Waals surface area contributed by atoms with E-state index in [-0.39, 0.29) is 5.54 Å². The second kappa shape index (κ2) is 5.89. The predicted molar refractivity (Wildman–Crippen MR) is 63.5 cm³/mol. The van der Waals surface area contributed by atoms with Crippen LogP contribution in [0.2, 0.25) is 0 Å². The van der Waals surface area contributed by atoms with E-state index < -0.39 is 0 Å².